The van der Waals surface area contributed by atoms with Crippen LogP contribution < -0.4 is 0 Å². The van der Waals surface area contributed by atoms with E-state index in [4.69, 9.17) is 8.37 Å². The average molecular weight is 575 g/mol. The third-order valence-corrected chi connectivity index (χ3v) is 8.77. The standard InChI is InChI=1S/C28H22N4O6S2/c33-39(34,19-11-3-1-4-12-19)37-25(27-29-21-15-7-8-16-22(21)30-27)26(28-31-23-17-9-10-18-24(23)32-28)38-40(35,36)20-13-5-2-6-14-20/h1-18,25-26H,(H,29,30)(H,31,32)/t25-,26-/m1/s1. The monoisotopic (exact) mass is 574 g/mol. The van der Waals surface area contributed by atoms with Crippen molar-refractivity contribution in [2.24, 2.45) is 0 Å². The summed E-state index contributed by atoms with van der Waals surface area (Å²) in [4.78, 5) is 14.9. The first-order valence-corrected chi connectivity index (χ1v) is 15.0. The molecule has 0 saturated heterocycles. The molecule has 0 saturated carbocycles. The SMILES string of the molecule is O=S(=O)(O[C@@H](c1nc2ccccc2[nH]1)[C@@H](OS(=O)(=O)c1ccccc1)c1nc2ccccc2[nH]1)c1ccccc1. The number of imidazole rings is 2. The van der Waals surface area contributed by atoms with Crippen molar-refractivity contribution in [3.63, 3.8) is 0 Å². The molecule has 202 valence electrons. The van der Waals surface area contributed by atoms with Crippen molar-refractivity contribution in [2.45, 2.75) is 22.0 Å². The molecule has 0 bridgehead atoms. The van der Waals surface area contributed by atoms with Crippen LogP contribution in [0.4, 0.5) is 0 Å². The maximum atomic E-state index is 13.5. The van der Waals surface area contributed by atoms with E-state index in [1.54, 1.807) is 84.9 Å². The molecule has 2 atom stereocenters. The third kappa shape index (κ3) is 5.12. The number of benzene rings is 4. The zero-order valence-corrected chi connectivity index (χ0v) is 22.3. The lowest BCUT2D eigenvalue weighted by molar-refractivity contribution is 0.0515. The van der Waals surface area contributed by atoms with E-state index in [0.717, 1.165) is 0 Å². The highest BCUT2D eigenvalue weighted by atomic mass is 32.2. The van der Waals surface area contributed by atoms with Crippen molar-refractivity contribution in [2.75, 3.05) is 0 Å². The van der Waals surface area contributed by atoms with Crippen molar-refractivity contribution in [1.82, 2.24) is 19.9 Å². The van der Waals surface area contributed by atoms with Crippen LogP contribution in [0.3, 0.4) is 0 Å². The largest absolute Gasteiger partial charge is 0.340 e. The number of aromatic nitrogens is 4. The minimum atomic E-state index is -4.42. The minimum absolute atomic E-state index is 0.0365. The predicted octanol–water partition coefficient (Wildman–Crippen LogP) is 5.03. The maximum absolute atomic E-state index is 13.5. The smallest absolute Gasteiger partial charge is 0.297 e. The fourth-order valence-corrected chi connectivity index (χ4v) is 6.38. The fourth-order valence-electron chi connectivity index (χ4n) is 4.25. The summed E-state index contributed by atoms with van der Waals surface area (Å²) in [5.74, 6) is 0.0730. The van der Waals surface area contributed by atoms with Gasteiger partial charge < -0.3 is 9.97 Å². The molecule has 0 fully saturated rings. The van der Waals surface area contributed by atoms with E-state index in [1.807, 2.05) is 0 Å². The normalized spacial score (nSPS) is 13.9. The molecule has 0 spiro atoms. The van der Waals surface area contributed by atoms with Gasteiger partial charge in [0.1, 0.15) is 11.6 Å². The Morgan fingerprint density at radius 2 is 0.850 bits per heavy atom. The number of nitrogens with one attached hydrogen (secondary N) is 2. The van der Waals surface area contributed by atoms with Gasteiger partial charge in [0.05, 0.1) is 31.9 Å². The first-order valence-electron chi connectivity index (χ1n) is 12.2. The summed E-state index contributed by atoms with van der Waals surface area (Å²) in [6.07, 6.45) is -3.17. The number of fused-ring (bicyclic) bond motifs is 2. The molecule has 0 radical (unpaired) electrons. The molecule has 0 aliphatic carbocycles. The molecule has 2 heterocycles. The van der Waals surface area contributed by atoms with Crippen molar-refractivity contribution >= 4 is 42.3 Å². The van der Waals surface area contributed by atoms with Crippen LogP contribution in [-0.4, -0.2) is 36.8 Å². The molecule has 0 aliphatic rings. The predicted molar refractivity (Wildman–Crippen MR) is 147 cm³/mol. The summed E-state index contributed by atoms with van der Waals surface area (Å²) >= 11 is 0. The lowest BCUT2D eigenvalue weighted by atomic mass is 10.2. The Labute approximate surface area is 229 Å². The Balaban J connectivity index is 1.54. The Hall–Kier alpha value is -4.36. The molecular formula is C28H22N4O6S2. The first kappa shape index (κ1) is 25.9. The molecule has 0 unspecified atom stereocenters. The molecule has 12 heteroatoms. The van der Waals surface area contributed by atoms with E-state index in [1.165, 1.54) is 24.3 Å². The van der Waals surface area contributed by atoms with E-state index in [0.29, 0.717) is 22.1 Å². The molecule has 6 aromatic rings. The molecule has 10 nitrogen and oxygen atoms in total. The summed E-state index contributed by atoms with van der Waals surface area (Å²) < 4.78 is 65.4. The van der Waals surface area contributed by atoms with Crippen molar-refractivity contribution < 1.29 is 25.2 Å². The highest BCUT2D eigenvalue weighted by Gasteiger charge is 2.40. The Morgan fingerprint density at radius 1 is 0.500 bits per heavy atom. The summed E-state index contributed by atoms with van der Waals surface area (Å²) in [7, 11) is -8.85. The Morgan fingerprint density at radius 3 is 1.23 bits per heavy atom. The zero-order valence-electron chi connectivity index (χ0n) is 20.7. The van der Waals surface area contributed by atoms with Gasteiger partial charge in [-0.1, -0.05) is 60.7 Å². The second-order valence-electron chi connectivity index (χ2n) is 8.85. The number of rotatable bonds is 9. The summed E-state index contributed by atoms with van der Waals surface area (Å²) in [5, 5.41) is 0. The van der Waals surface area contributed by atoms with Crippen LogP contribution in [0.15, 0.2) is 119 Å². The Kier molecular flexibility index (Phi) is 6.68. The molecule has 0 amide bonds. The van der Waals surface area contributed by atoms with Crippen LogP contribution in [0.5, 0.6) is 0 Å². The molecule has 2 aromatic heterocycles. The van der Waals surface area contributed by atoms with E-state index < -0.39 is 32.4 Å². The Bertz CT molecular complexity index is 1790. The molecule has 0 aliphatic heterocycles. The van der Waals surface area contributed by atoms with Gasteiger partial charge in [0.2, 0.25) is 0 Å². The van der Waals surface area contributed by atoms with Crippen molar-refractivity contribution in [3.8, 4) is 0 Å². The average Bonchev–Trinajstić information content (AvgIpc) is 3.60. The van der Waals surface area contributed by atoms with Crippen molar-refractivity contribution in [1.29, 1.82) is 0 Å². The molecular weight excluding hydrogens is 552 g/mol. The number of H-pyrrole nitrogens is 2. The van der Waals surface area contributed by atoms with Crippen LogP contribution in [0, 0.1) is 0 Å². The number of para-hydroxylation sites is 4. The third-order valence-electron chi connectivity index (χ3n) is 6.15. The van der Waals surface area contributed by atoms with Gasteiger partial charge in [-0.25, -0.2) is 9.97 Å². The summed E-state index contributed by atoms with van der Waals surface area (Å²) in [6, 6.07) is 29.2. The number of aromatic amines is 2. The van der Waals surface area contributed by atoms with Gasteiger partial charge in [-0.15, -0.1) is 0 Å². The maximum Gasteiger partial charge on any atom is 0.297 e. The number of nitrogens with zero attached hydrogens (tertiary/aromatic N) is 2. The van der Waals surface area contributed by atoms with Crippen LogP contribution >= 0.6 is 0 Å². The molecule has 4 aromatic carbocycles. The van der Waals surface area contributed by atoms with Crippen LogP contribution in [0.2, 0.25) is 0 Å². The van der Waals surface area contributed by atoms with Crippen LogP contribution in [-0.2, 0) is 28.6 Å². The quantitative estimate of drug-likeness (QED) is 0.229. The van der Waals surface area contributed by atoms with Crippen LogP contribution in [0.25, 0.3) is 22.1 Å². The van der Waals surface area contributed by atoms with Gasteiger partial charge in [0, 0.05) is 0 Å². The second kappa shape index (κ2) is 10.3. The first-order chi connectivity index (χ1) is 19.3. The zero-order chi connectivity index (χ0) is 27.7. The number of hydrogen-bond acceptors (Lipinski definition) is 8. The van der Waals surface area contributed by atoms with E-state index in [-0.39, 0.29) is 21.4 Å². The van der Waals surface area contributed by atoms with E-state index >= 15 is 0 Å². The van der Waals surface area contributed by atoms with Crippen LogP contribution in [0.1, 0.15) is 23.9 Å². The minimum Gasteiger partial charge on any atom is -0.340 e. The van der Waals surface area contributed by atoms with Gasteiger partial charge >= 0.3 is 0 Å². The van der Waals surface area contributed by atoms with Gasteiger partial charge in [-0.3, -0.25) is 8.37 Å². The topological polar surface area (TPSA) is 144 Å². The van der Waals surface area contributed by atoms with E-state index in [2.05, 4.69) is 19.9 Å². The van der Waals surface area contributed by atoms with Crippen molar-refractivity contribution in [3.05, 3.63) is 121 Å². The molecule has 6 rings (SSSR count). The summed E-state index contributed by atoms with van der Waals surface area (Å²) in [5.41, 5.74) is 2.24. The van der Waals surface area contributed by atoms with Gasteiger partial charge in [-0.2, -0.15) is 16.8 Å². The highest BCUT2D eigenvalue weighted by molar-refractivity contribution is 7.87. The molecule has 40 heavy (non-hydrogen) atoms. The summed E-state index contributed by atoms with van der Waals surface area (Å²) in [6.45, 7) is 0. The van der Waals surface area contributed by atoms with Gasteiger partial charge in [0.15, 0.2) is 12.2 Å². The highest BCUT2D eigenvalue weighted by Crippen LogP contribution is 2.39. The van der Waals surface area contributed by atoms with Gasteiger partial charge in [-0.05, 0) is 48.5 Å². The lowest BCUT2D eigenvalue weighted by Crippen LogP contribution is -2.25. The second-order valence-corrected chi connectivity index (χ2v) is 12.0. The lowest BCUT2D eigenvalue weighted by Gasteiger charge is -2.24. The van der Waals surface area contributed by atoms with Gasteiger partial charge in [0.25, 0.3) is 20.2 Å². The van der Waals surface area contributed by atoms with E-state index in [9.17, 15) is 16.8 Å². The number of hydrogen-bond donors (Lipinski definition) is 2. The molecule has 2 N–H and O–H groups in total. The fraction of sp³-hybridized carbons (Fsp3) is 0.0714.